The Kier molecular flexibility index (Phi) is 5.37. The van der Waals surface area contributed by atoms with Gasteiger partial charge in [0, 0.05) is 6.20 Å². The predicted octanol–water partition coefficient (Wildman–Crippen LogP) is 2.62. The van der Waals surface area contributed by atoms with Crippen molar-refractivity contribution in [3.8, 4) is 11.5 Å². The van der Waals surface area contributed by atoms with Crippen LogP contribution in [0, 0.1) is 0 Å². The number of hydrogen-bond donors (Lipinski definition) is 4. The van der Waals surface area contributed by atoms with Crippen molar-refractivity contribution in [2.45, 2.75) is 19.0 Å². The van der Waals surface area contributed by atoms with Crippen molar-refractivity contribution in [1.29, 1.82) is 0 Å². The topological polar surface area (TPSA) is 151 Å². The quantitative estimate of drug-likeness (QED) is 0.335. The lowest BCUT2D eigenvalue weighted by molar-refractivity contribution is 0.0958. The van der Waals surface area contributed by atoms with E-state index in [0.717, 1.165) is 5.56 Å². The summed E-state index contributed by atoms with van der Waals surface area (Å²) in [6.45, 7) is 1.71. The van der Waals surface area contributed by atoms with Crippen LogP contribution >= 0.6 is 0 Å². The standard InChI is InChI=1S/C22H20N8O3/c1-12-18-14(20(32)26-12)7-8-17(28-18)29-22-23-9-15(21-24-11-25-33-21)19(30-22)27-16(10-31)13-5-3-2-4-6-13/h2-9,11-12,16,31H,10H2,1H3,(H,26,32)(H2,23,27,28,29,30)/t12?,16-/m1/s1. The maximum atomic E-state index is 11.9. The summed E-state index contributed by atoms with van der Waals surface area (Å²) in [6, 6.07) is 12.3. The minimum atomic E-state index is -0.424. The van der Waals surface area contributed by atoms with Crippen LogP contribution in [0.15, 0.2) is 59.5 Å². The van der Waals surface area contributed by atoms with Gasteiger partial charge in [0.15, 0.2) is 6.33 Å². The molecular weight excluding hydrogens is 424 g/mol. The number of nitrogens with one attached hydrogen (secondary N) is 3. The average Bonchev–Trinajstić information content (AvgIpc) is 3.46. The number of aliphatic hydroxyl groups is 1. The van der Waals surface area contributed by atoms with Crippen LogP contribution in [0.25, 0.3) is 11.5 Å². The number of benzene rings is 1. The van der Waals surface area contributed by atoms with Gasteiger partial charge in [-0.15, -0.1) is 0 Å². The van der Waals surface area contributed by atoms with Gasteiger partial charge in [-0.2, -0.15) is 9.97 Å². The van der Waals surface area contributed by atoms with Gasteiger partial charge in [0.25, 0.3) is 11.8 Å². The molecule has 0 spiro atoms. The van der Waals surface area contributed by atoms with Crippen LogP contribution < -0.4 is 16.0 Å². The zero-order chi connectivity index (χ0) is 22.8. The zero-order valence-electron chi connectivity index (χ0n) is 17.6. The molecule has 4 aromatic rings. The summed E-state index contributed by atoms with van der Waals surface area (Å²) in [5.74, 6) is 1.26. The number of anilines is 3. The summed E-state index contributed by atoms with van der Waals surface area (Å²) in [4.78, 5) is 29.5. The van der Waals surface area contributed by atoms with E-state index in [-0.39, 0.29) is 30.4 Å². The van der Waals surface area contributed by atoms with Crippen LogP contribution in [0.3, 0.4) is 0 Å². The first-order chi connectivity index (χ1) is 16.1. The average molecular weight is 444 g/mol. The summed E-state index contributed by atoms with van der Waals surface area (Å²) >= 11 is 0. The van der Waals surface area contributed by atoms with Gasteiger partial charge in [-0.1, -0.05) is 35.5 Å². The third-order valence-electron chi connectivity index (χ3n) is 5.24. The van der Waals surface area contributed by atoms with Gasteiger partial charge >= 0.3 is 0 Å². The number of nitrogens with zero attached hydrogens (tertiary/aromatic N) is 5. The maximum absolute atomic E-state index is 11.9. The first kappa shape index (κ1) is 20.5. The van der Waals surface area contributed by atoms with Gasteiger partial charge in [-0.25, -0.2) is 9.97 Å². The summed E-state index contributed by atoms with van der Waals surface area (Å²) < 4.78 is 5.20. The number of pyridine rings is 1. The molecule has 0 aliphatic carbocycles. The third kappa shape index (κ3) is 4.08. The number of carbonyl (C=O) groups is 1. The number of amides is 1. The lowest BCUT2D eigenvalue weighted by Crippen LogP contribution is -2.17. The number of aliphatic hydroxyl groups excluding tert-OH is 1. The molecule has 0 radical (unpaired) electrons. The van der Waals surface area contributed by atoms with Crippen LogP contribution in [0.1, 0.15) is 40.6 Å². The predicted molar refractivity (Wildman–Crippen MR) is 119 cm³/mol. The number of carbonyl (C=O) groups excluding carboxylic acids is 1. The van der Waals surface area contributed by atoms with Crippen molar-refractivity contribution in [1.82, 2.24) is 30.4 Å². The second-order valence-electron chi connectivity index (χ2n) is 7.44. The Balaban J connectivity index is 1.47. The van der Waals surface area contributed by atoms with Gasteiger partial charge in [-0.3, -0.25) is 4.79 Å². The van der Waals surface area contributed by atoms with Crippen molar-refractivity contribution in [3.63, 3.8) is 0 Å². The molecule has 1 aromatic carbocycles. The molecule has 11 nitrogen and oxygen atoms in total. The summed E-state index contributed by atoms with van der Waals surface area (Å²) in [5, 5.41) is 22.8. The van der Waals surface area contributed by atoms with E-state index in [1.54, 1.807) is 18.3 Å². The Morgan fingerprint density at radius 1 is 1.12 bits per heavy atom. The molecule has 1 aliphatic heterocycles. The van der Waals surface area contributed by atoms with Crippen molar-refractivity contribution in [2.24, 2.45) is 0 Å². The molecule has 5 rings (SSSR count). The first-order valence-electron chi connectivity index (χ1n) is 10.3. The van der Waals surface area contributed by atoms with Gasteiger partial charge in [-0.05, 0) is 24.6 Å². The number of aromatic nitrogens is 5. The summed E-state index contributed by atoms with van der Waals surface area (Å²) in [5.41, 5.74) is 2.58. The highest BCUT2D eigenvalue weighted by Crippen LogP contribution is 2.30. The minimum Gasteiger partial charge on any atom is -0.394 e. The fourth-order valence-corrected chi connectivity index (χ4v) is 3.61. The first-order valence-corrected chi connectivity index (χ1v) is 10.3. The van der Waals surface area contributed by atoms with Crippen LogP contribution in [0.2, 0.25) is 0 Å². The highest BCUT2D eigenvalue weighted by atomic mass is 16.5. The van der Waals surface area contributed by atoms with Crippen molar-refractivity contribution in [3.05, 3.63) is 71.8 Å². The van der Waals surface area contributed by atoms with Crippen molar-refractivity contribution < 1.29 is 14.4 Å². The van der Waals surface area contributed by atoms with E-state index in [2.05, 4.69) is 41.0 Å². The largest absolute Gasteiger partial charge is 0.394 e. The van der Waals surface area contributed by atoms with E-state index in [1.807, 2.05) is 37.3 Å². The third-order valence-corrected chi connectivity index (χ3v) is 5.24. The summed E-state index contributed by atoms with van der Waals surface area (Å²) in [7, 11) is 0. The molecule has 0 bridgehead atoms. The fourth-order valence-electron chi connectivity index (χ4n) is 3.61. The van der Waals surface area contributed by atoms with Crippen molar-refractivity contribution >= 4 is 23.5 Å². The number of hydrogen-bond acceptors (Lipinski definition) is 10. The smallest absolute Gasteiger partial charge is 0.262 e. The second-order valence-corrected chi connectivity index (χ2v) is 7.44. The molecular formula is C22H20N8O3. The van der Waals surface area contributed by atoms with E-state index in [9.17, 15) is 9.90 Å². The summed E-state index contributed by atoms with van der Waals surface area (Å²) in [6.07, 6.45) is 2.84. The molecule has 4 N–H and O–H groups in total. The Hall–Kier alpha value is -4.38. The van der Waals surface area contributed by atoms with Crippen LogP contribution in [0.4, 0.5) is 17.6 Å². The Labute approximate surface area is 188 Å². The molecule has 33 heavy (non-hydrogen) atoms. The van der Waals surface area contributed by atoms with Crippen molar-refractivity contribution in [2.75, 3.05) is 17.2 Å². The fraction of sp³-hybridized carbons (Fsp3) is 0.182. The molecule has 3 aromatic heterocycles. The van der Waals surface area contributed by atoms with E-state index in [1.165, 1.54) is 6.33 Å². The van der Waals surface area contributed by atoms with E-state index >= 15 is 0 Å². The zero-order valence-corrected chi connectivity index (χ0v) is 17.6. The molecule has 1 unspecified atom stereocenters. The van der Waals surface area contributed by atoms with Crippen LogP contribution in [0.5, 0.6) is 0 Å². The van der Waals surface area contributed by atoms with Gasteiger partial charge in [0.1, 0.15) is 17.2 Å². The highest BCUT2D eigenvalue weighted by molar-refractivity contribution is 5.98. The molecule has 0 saturated heterocycles. The Bertz CT molecular complexity index is 1280. The monoisotopic (exact) mass is 444 g/mol. The molecule has 11 heteroatoms. The minimum absolute atomic E-state index is 0.140. The molecule has 0 fully saturated rings. The lowest BCUT2D eigenvalue weighted by Gasteiger charge is -2.19. The van der Waals surface area contributed by atoms with Crippen LogP contribution in [-0.2, 0) is 0 Å². The molecule has 1 aliphatic rings. The lowest BCUT2D eigenvalue weighted by atomic mass is 10.1. The van der Waals surface area contributed by atoms with E-state index in [0.29, 0.717) is 28.5 Å². The molecule has 166 valence electrons. The van der Waals surface area contributed by atoms with E-state index in [4.69, 9.17) is 4.52 Å². The second kappa shape index (κ2) is 8.63. The highest BCUT2D eigenvalue weighted by Gasteiger charge is 2.27. The molecule has 4 heterocycles. The SMILES string of the molecule is CC1NC(=O)c2ccc(Nc3ncc(-c4ncno4)c(N[C@H](CO)c4ccccc4)n3)nc21. The van der Waals surface area contributed by atoms with Crippen LogP contribution in [-0.4, -0.2) is 42.7 Å². The van der Waals surface area contributed by atoms with Gasteiger partial charge in [0.2, 0.25) is 5.95 Å². The molecule has 1 amide bonds. The Morgan fingerprint density at radius 2 is 1.97 bits per heavy atom. The number of fused-ring (bicyclic) bond motifs is 1. The Morgan fingerprint density at radius 3 is 2.73 bits per heavy atom. The normalized spacial score (nSPS) is 15.6. The number of rotatable bonds is 7. The molecule has 0 saturated carbocycles. The van der Waals surface area contributed by atoms with Gasteiger partial charge in [0.05, 0.1) is 29.9 Å². The molecule has 2 atom stereocenters. The van der Waals surface area contributed by atoms with Gasteiger partial charge < -0.3 is 25.6 Å². The maximum Gasteiger partial charge on any atom is 0.262 e. The van der Waals surface area contributed by atoms with E-state index < -0.39 is 6.04 Å².